The highest BCUT2D eigenvalue weighted by atomic mass is 35.5. The second-order valence-electron chi connectivity index (χ2n) is 4.93. The van der Waals surface area contributed by atoms with E-state index in [-0.39, 0.29) is 17.3 Å². The van der Waals surface area contributed by atoms with E-state index < -0.39 is 15.7 Å². The summed E-state index contributed by atoms with van der Waals surface area (Å²) >= 11 is 7.08. The number of halogens is 1. The number of nitrogens with zero attached hydrogens (tertiary/aromatic N) is 5. The van der Waals surface area contributed by atoms with E-state index in [0.29, 0.717) is 24.1 Å². The second kappa shape index (κ2) is 6.99. The molecule has 0 aromatic carbocycles. The predicted molar refractivity (Wildman–Crippen MR) is 90.2 cm³/mol. The standard InChI is InChI=1S/C13H10ClN5O5S/c14-13-16-6-9(25-13)7-17-4-3-15-12(17)10(18(20)21)5-8-1-2-11(24-8)19(22)23/h1-2,5-6H,3-4,7H2. The smallest absolute Gasteiger partial charge is 0.401 e. The Morgan fingerprint density at radius 3 is 2.84 bits per heavy atom. The van der Waals surface area contributed by atoms with Crippen molar-refractivity contribution in [1.29, 1.82) is 0 Å². The van der Waals surface area contributed by atoms with E-state index in [1.165, 1.54) is 17.4 Å². The number of furan rings is 1. The van der Waals surface area contributed by atoms with Crippen LogP contribution < -0.4 is 0 Å². The van der Waals surface area contributed by atoms with E-state index in [2.05, 4.69) is 9.98 Å². The van der Waals surface area contributed by atoms with E-state index in [1.807, 2.05) is 0 Å². The summed E-state index contributed by atoms with van der Waals surface area (Å²) in [7, 11) is 0. The highest BCUT2D eigenvalue weighted by Crippen LogP contribution is 2.24. The minimum Gasteiger partial charge on any atom is -0.401 e. The van der Waals surface area contributed by atoms with Crippen LogP contribution >= 0.6 is 22.9 Å². The summed E-state index contributed by atoms with van der Waals surface area (Å²) in [4.78, 5) is 31.5. The molecule has 0 amide bonds. The van der Waals surface area contributed by atoms with Crippen molar-refractivity contribution in [3.8, 4) is 0 Å². The Morgan fingerprint density at radius 2 is 2.24 bits per heavy atom. The van der Waals surface area contributed by atoms with Gasteiger partial charge in [0.05, 0.1) is 30.2 Å². The lowest BCUT2D eigenvalue weighted by atomic mass is 10.3. The first-order valence-electron chi connectivity index (χ1n) is 6.94. The summed E-state index contributed by atoms with van der Waals surface area (Å²) < 4.78 is 5.35. The predicted octanol–water partition coefficient (Wildman–Crippen LogP) is 2.83. The molecule has 0 N–H and O–H groups in total. The van der Waals surface area contributed by atoms with Crippen molar-refractivity contribution in [1.82, 2.24) is 9.88 Å². The van der Waals surface area contributed by atoms with Gasteiger partial charge in [0.25, 0.3) is 0 Å². The van der Waals surface area contributed by atoms with Gasteiger partial charge in [-0.15, -0.1) is 11.3 Å². The van der Waals surface area contributed by atoms with Gasteiger partial charge >= 0.3 is 11.6 Å². The molecule has 0 spiro atoms. The number of aromatic nitrogens is 1. The normalized spacial score (nSPS) is 14.7. The number of amidine groups is 1. The van der Waals surface area contributed by atoms with Crippen LogP contribution in [0.1, 0.15) is 10.6 Å². The summed E-state index contributed by atoms with van der Waals surface area (Å²) in [6.07, 6.45) is 2.73. The third kappa shape index (κ3) is 3.83. The first-order valence-corrected chi connectivity index (χ1v) is 8.14. The Balaban J connectivity index is 1.86. The molecule has 1 aliphatic rings. The minimum absolute atomic E-state index is 0.00813. The number of hydrogen-bond acceptors (Lipinski definition) is 9. The van der Waals surface area contributed by atoms with E-state index >= 15 is 0 Å². The molecular formula is C13H10ClN5O5S. The van der Waals surface area contributed by atoms with Crippen LogP contribution in [0.2, 0.25) is 4.47 Å². The number of aliphatic imine (C=N–C) groups is 1. The van der Waals surface area contributed by atoms with Crippen molar-refractivity contribution in [3.63, 3.8) is 0 Å². The van der Waals surface area contributed by atoms with Crippen LogP contribution in [0.3, 0.4) is 0 Å². The van der Waals surface area contributed by atoms with E-state index in [4.69, 9.17) is 16.0 Å². The van der Waals surface area contributed by atoms with Gasteiger partial charge in [0.1, 0.15) is 10.7 Å². The molecule has 2 aromatic heterocycles. The lowest BCUT2D eigenvalue weighted by Gasteiger charge is -2.17. The Kier molecular flexibility index (Phi) is 4.76. The lowest BCUT2D eigenvalue weighted by molar-refractivity contribution is -0.414. The van der Waals surface area contributed by atoms with Crippen LogP contribution in [0.25, 0.3) is 6.08 Å². The maximum absolute atomic E-state index is 11.5. The third-order valence-electron chi connectivity index (χ3n) is 3.30. The molecular weight excluding hydrogens is 374 g/mol. The fourth-order valence-corrected chi connectivity index (χ4v) is 3.27. The number of thiazole rings is 1. The number of nitro groups is 2. The van der Waals surface area contributed by atoms with Gasteiger partial charge in [0.2, 0.25) is 5.84 Å². The number of hydrogen-bond donors (Lipinski definition) is 0. The maximum Gasteiger partial charge on any atom is 0.433 e. The molecule has 0 radical (unpaired) electrons. The topological polar surface area (TPSA) is 128 Å². The van der Waals surface area contributed by atoms with Crippen LogP contribution in [-0.4, -0.2) is 38.7 Å². The zero-order valence-electron chi connectivity index (χ0n) is 12.5. The van der Waals surface area contributed by atoms with Crippen LogP contribution in [-0.2, 0) is 6.54 Å². The van der Waals surface area contributed by atoms with Crippen LogP contribution in [0.4, 0.5) is 5.88 Å². The molecule has 1 aliphatic heterocycles. The van der Waals surface area contributed by atoms with Gasteiger partial charge in [-0.2, -0.15) is 0 Å². The van der Waals surface area contributed by atoms with E-state index in [9.17, 15) is 20.2 Å². The molecule has 0 saturated carbocycles. The van der Waals surface area contributed by atoms with Crippen molar-refractivity contribution in [2.24, 2.45) is 4.99 Å². The van der Waals surface area contributed by atoms with Gasteiger partial charge < -0.3 is 9.32 Å². The van der Waals surface area contributed by atoms with Gasteiger partial charge in [-0.3, -0.25) is 25.2 Å². The molecule has 0 saturated heterocycles. The molecule has 0 atom stereocenters. The van der Waals surface area contributed by atoms with Gasteiger partial charge in [0, 0.05) is 17.6 Å². The van der Waals surface area contributed by atoms with Crippen LogP contribution in [0, 0.1) is 20.2 Å². The summed E-state index contributed by atoms with van der Waals surface area (Å²) in [5, 5.41) is 22.1. The van der Waals surface area contributed by atoms with Gasteiger partial charge in [0.15, 0.2) is 4.47 Å². The Hall–Kier alpha value is -2.79. The quantitative estimate of drug-likeness (QED) is 0.554. The molecule has 0 fully saturated rings. The van der Waals surface area contributed by atoms with Crippen molar-refractivity contribution in [2.75, 3.05) is 13.1 Å². The average Bonchev–Trinajstić information content (AvgIpc) is 3.26. The molecule has 3 heterocycles. The highest BCUT2D eigenvalue weighted by molar-refractivity contribution is 7.15. The largest absolute Gasteiger partial charge is 0.433 e. The third-order valence-corrected chi connectivity index (χ3v) is 4.40. The Labute approximate surface area is 149 Å². The van der Waals surface area contributed by atoms with Gasteiger partial charge in [-0.25, -0.2) is 4.98 Å². The summed E-state index contributed by atoms with van der Waals surface area (Å²) in [6, 6.07) is 2.43. The van der Waals surface area contributed by atoms with Gasteiger partial charge in [-0.1, -0.05) is 11.6 Å². The Morgan fingerprint density at radius 1 is 1.44 bits per heavy atom. The average molecular weight is 384 g/mol. The molecule has 25 heavy (non-hydrogen) atoms. The summed E-state index contributed by atoms with van der Waals surface area (Å²) in [6.45, 7) is 1.30. The molecule has 2 aromatic rings. The lowest BCUT2D eigenvalue weighted by Crippen LogP contribution is -2.30. The fourth-order valence-electron chi connectivity index (χ4n) is 2.28. The SMILES string of the molecule is O=[N+]([O-])C(=Cc1ccc([N+](=O)[O-])o1)C1=NCCN1Cc1cnc(Cl)s1. The molecule has 0 bridgehead atoms. The van der Waals surface area contributed by atoms with Crippen LogP contribution in [0.5, 0.6) is 0 Å². The molecule has 0 aliphatic carbocycles. The van der Waals surface area contributed by atoms with E-state index in [1.54, 1.807) is 11.1 Å². The van der Waals surface area contributed by atoms with Crippen molar-refractivity contribution >= 4 is 40.7 Å². The van der Waals surface area contributed by atoms with Gasteiger partial charge in [-0.05, 0) is 6.07 Å². The minimum atomic E-state index is -0.712. The first-order chi connectivity index (χ1) is 11.9. The molecule has 0 unspecified atom stereocenters. The highest BCUT2D eigenvalue weighted by Gasteiger charge is 2.30. The number of rotatable bonds is 6. The van der Waals surface area contributed by atoms with Crippen LogP contribution in [0.15, 0.2) is 33.4 Å². The summed E-state index contributed by atoms with van der Waals surface area (Å²) in [5.74, 6) is -0.291. The molecule has 12 heteroatoms. The first kappa shape index (κ1) is 17.0. The zero-order chi connectivity index (χ0) is 18.0. The zero-order valence-corrected chi connectivity index (χ0v) is 14.1. The van der Waals surface area contributed by atoms with Crippen molar-refractivity contribution in [2.45, 2.75) is 6.54 Å². The maximum atomic E-state index is 11.5. The molecule has 130 valence electrons. The summed E-state index contributed by atoms with van der Waals surface area (Å²) in [5.41, 5.74) is -0.294. The second-order valence-corrected chi connectivity index (χ2v) is 6.62. The molecule has 10 nitrogen and oxygen atoms in total. The Bertz CT molecular complexity index is 889. The molecule has 3 rings (SSSR count). The van der Waals surface area contributed by atoms with E-state index in [0.717, 1.165) is 17.0 Å². The fraction of sp³-hybridized carbons (Fsp3) is 0.231. The monoisotopic (exact) mass is 383 g/mol. The van der Waals surface area contributed by atoms with Crippen molar-refractivity contribution < 1.29 is 14.3 Å². The van der Waals surface area contributed by atoms with Crippen molar-refractivity contribution in [3.05, 3.63) is 59.4 Å².